The first kappa shape index (κ1) is 32.9. The molecule has 1 unspecified atom stereocenters. The van der Waals surface area contributed by atoms with Crippen molar-refractivity contribution in [2.24, 2.45) is 0 Å². The molecule has 1 atom stereocenters. The molecule has 2 aliphatic rings. The summed E-state index contributed by atoms with van der Waals surface area (Å²) in [5, 5.41) is 2.77. The molecule has 2 aliphatic heterocycles. The first-order chi connectivity index (χ1) is 20.8. The van der Waals surface area contributed by atoms with Crippen LogP contribution in [0.5, 0.6) is 5.19 Å². The van der Waals surface area contributed by atoms with Crippen molar-refractivity contribution in [3.8, 4) is 5.19 Å². The van der Waals surface area contributed by atoms with Crippen LogP contribution in [0.3, 0.4) is 0 Å². The Morgan fingerprint density at radius 3 is 2.59 bits per heavy atom. The van der Waals surface area contributed by atoms with Crippen LogP contribution in [0.2, 0.25) is 0 Å². The minimum atomic E-state index is -4.74. The molecule has 44 heavy (non-hydrogen) atoms. The molecule has 0 amide bonds. The van der Waals surface area contributed by atoms with E-state index in [2.05, 4.69) is 32.1 Å². The van der Waals surface area contributed by atoms with Crippen LogP contribution in [0.15, 0.2) is 36.7 Å². The Morgan fingerprint density at radius 1 is 1.18 bits per heavy atom. The molecule has 15 heteroatoms. The largest absolute Gasteiger partial charge is 0.470 e. The van der Waals surface area contributed by atoms with Crippen molar-refractivity contribution in [2.75, 3.05) is 30.3 Å². The molecule has 3 aromatic rings. The monoisotopic (exact) mass is 665 g/mol. The normalized spacial score (nSPS) is 18.9. The summed E-state index contributed by atoms with van der Waals surface area (Å²) < 4.78 is 49.5. The van der Waals surface area contributed by atoms with Crippen LogP contribution < -0.4 is 15.0 Å². The van der Waals surface area contributed by atoms with E-state index in [0.717, 1.165) is 71.6 Å². The summed E-state index contributed by atoms with van der Waals surface area (Å²) in [6.45, 7) is 7.18. The van der Waals surface area contributed by atoms with Crippen molar-refractivity contribution < 1.29 is 32.0 Å². The molecule has 5 rings (SSSR count). The fourth-order valence-corrected chi connectivity index (χ4v) is 8.86. The average Bonchev–Trinajstić information content (AvgIpc) is 3.38. The lowest BCUT2D eigenvalue weighted by atomic mass is 10.0. The van der Waals surface area contributed by atoms with Gasteiger partial charge in [0.15, 0.2) is 9.84 Å². The highest BCUT2D eigenvalue weighted by molar-refractivity contribution is 7.92. The van der Waals surface area contributed by atoms with Crippen LogP contribution in [-0.2, 0) is 25.3 Å². The van der Waals surface area contributed by atoms with E-state index in [1.165, 1.54) is 25.2 Å². The third-order valence-electron chi connectivity index (χ3n) is 7.80. The predicted octanol–water partition coefficient (Wildman–Crippen LogP) is 4.48. The zero-order valence-corrected chi connectivity index (χ0v) is 27.7. The Balaban J connectivity index is 1.20. The van der Waals surface area contributed by atoms with E-state index in [0.29, 0.717) is 18.2 Å². The van der Waals surface area contributed by atoms with Gasteiger partial charge < -0.3 is 19.4 Å². The van der Waals surface area contributed by atoms with Crippen molar-refractivity contribution in [3.05, 3.63) is 47.8 Å². The van der Waals surface area contributed by atoms with Gasteiger partial charge in [-0.3, -0.25) is 9.84 Å². The van der Waals surface area contributed by atoms with E-state index in [1.54, 1.807) is 6.08 Å². The fraction of sp³-hybridized carbons (Fsp3) is 0.552. The van der Waals surface area contributed by atoms with Crippen molar-refractivity contribution >= 4 is 50.7 Å². The van der Waals surface area contributed by atoms with Crippen LogP contribution >= 0.6 is 19.2 Å². The maximum absolute atomic E-state index is 13.1. The summed E-state index contributed by atoms with van der Waals surface area (Å²) in [7, 11) is -8.40. The van der Waals surface area contributed by atoms with Crippen LogP contribution in [0, 0.1) is 0 Å². The second-order valence-corrected chi connectivity index (χ2v) is 16.3. The fourth-order valence-electron chi connectivity index (χ4n) is 5.43. The smallest absolute Gasteiger partial charge is 0.467 e. The van der Waals surface area contributed by atoms with Gasteiger partial charge in [0.05, 0.1) is 21.6 Å². The number of nitrogens with one attached hydrogen (secondary N) is 1. The first-order valence-electron chi connectivity index (χ1n) is 14.9. The number of anilines is 1. The van der Waals surface area contributed by atoms with Crippen molar-refractivity contribution in [1.82, 2.24) is 20.3 Å². The van der Waals surface area contributed by atoms with Crippen LogP contribution in [0.25, 0.3) is 15.8 Å². The Hall–Kier alpha value is -2.45. The van der Waals surface area contributed by atoms with Gasteiger partial charge in [0.2, 0.25) is 5.95 Å². The van der Waals surface area contributed by atoms with Gasteiger partial charge in [0.1, 0.15) is 11.5 Å². The molecule has 0 spiro atoms. The van der Waals surface area contributed by atoms with Crippen molar-refractivity contribution in [3.63, 3.8) is 0 Å². The summed E-state index contributed by atoms with van der Waals surface area (Å²) in [5.41, 5.74) is 2.53. The number of hydrogen-bond donors (Lipinski definition) is 3. The summed E-state index contributed by atoms with van der Waals surface area (Å²) in [6, 6.07) is 5.91. The highest BCUT2D eigenvalue weighted by Gasteiger charge is 2.33. The van der Waals surface area contributed by atoms with Gasteiger partial charge in [-0.15, -0.1) is 0 Å². The average molecular weight is 666 g/mol. The zero-order valence-electron chi connectivity index (χ0n) is 25.2. The molecule has 3 N–H and O–H groups in total. The Bertz CT molecular complexity index is 1630. The van der Waals surface area contributed by atoms with Crippen LogP contribution in [0.4, 0.5) is 5.95 Å². The van der Waals surface area contributed by atoms with Gasteiger partial charge in [-0.1, -0.05) is 30.7 Å². The van der Waals surface area contributed by atoms with E-state index >= 15 is 0 Å². The van der Waals surface area contributed by atoms with Crippen molar-refractivity contribution in [1.29, 1.82) is 0 Å². The number of rotatable bonds is 12. The minimum absolute atomic E-state index is 0.0563. The number of aromatic nitrogens is 3. The molecular formula is C29H40N5O7PS2. The first-order valence-corrected chi connectivity index (χ1v) is 18.9. The molecule has 0 aliphatic carbocycles. The van der Waals surface area contributed by atoms with Gasteiger partial charge in [0.25, 0.3) is 5.19 Å². The summed E-state index contributed by atoms with van der Waals surface area (Å²) in [6.07, 6.45) is 9.96. The number of fused-ring (bicyclic) bond motifs is 1. The predicted molar refractivity (Wildman–Crippen MR) is 172 cm³/mol. The number of nitrogens with zero attached hydrogens (tertiary/aromatic N) is 4. The number of phosphoric ester groups is 1. The molecule has 2 aromatic heterocycles. The topological polar surface area (TPSA) is 164 Å². The molecule has 12 nitrogen and oxygen atoms in total. The maximum Gasteiger partial charge on any atom is 0.470 e. The number of thiazole rings is 1. The van der Waals surface area contributed by atoms with Gasteiger partial charge in [-0.2, -0.15) is 0 Å². The van der Waals surface area contributed by atoms with Gasteiger partial charge in [0, 0.05) is 44.9 Å². The molecular weight excluding hydrogens is 625 g/mol. The second kappa shape index (κ2) is 13.5. The quantitative estimate of drug-likeness (QED) is 0.233. The number of benzene rings is 1. The van der Waals surface area contributed by atoms with Crippen LogP contribution in [-0.4, -0.2) is 75.6 Å². The van der Waals surface area contributed by atoms with Crippen LogP contribution in [0.1, 0.15) is 64.0 Å². The third kappa shape index (κ3) is 8.63. The Kier molecular flexibility index (Phi) is 10.1. The standard InChI is InChI=1S/C29H40N5O7PS2/c1-4-5-20-18-31-27(32-19-20)34-13-9-23(10-14-34)40-28-33-24-7-6-21(16-25(24)43-28)22-8-12-30-26(17-22)44(38,39)15-11-29(2,3)41-42(35,36)37/h6-7,16-19,23,26,30H,4-5,8-15H2,1-3H3,(H2,35,36,37). The molecule has 1 saturated heterocycles. The lowest BCUT2D eigenvalue weighted by Gasteiger charge is -2.31. The summed E-state index contributed by atoms with van der Waals surface area (Å²) in [4.78, 5) is 34.2. The number of ether oxygens (including phenoxy) is 1. The third-order valence-corrected chi connectivity index (χ3v) is 11.3. The van der Waals surface area contributed by atoms with E-state index in [4.69, 9.17) is 19.0 Å². The zero-order chi connectivity index (χ0) is 31.5. The number of phosphoric acid groups is 1. The number of sulfone groups is 1. The Labute approximate surface area is 262 Å². The minimum Gasteiger partial charge on any atom is -0.467 e. The molecule has 240 valence electrons. The van der Waals surface area contributed by atoms with E-state index in [9.17, 15) is 13.0 Å². The second-order valence-electron chi connectivity index (χ2n) is 11.9. The summed E-state index contributed by atoms with van der Waals surface area (Å²) in [5.74, 6) is 0.476. The number of hydrogen-bond acceptors (Lipinski definition) is 11. The molecule has 0 bridgehead atoms. The molecule has 0 saturated carbocycles. The SMILES string of the molecule is CCCc1cnc(N2CCC(Oc3nc4ccc(C5=CC(S(=O)(=O)CCC(C)(C)OP(=O)(O)O)NCC5)cc4s3)CC2)nc1. The maximum atomic E-state index is 13.1. The van der Waals surface area contributed by atoms with E-state index in [-0.39, 0.29) is 18.3 Å². The number of aryl methyl sites for hydroxylation is 1. The molecule has 1 aromatic carbocycles. The molecule has 0 radical (unpaired) electrons. The molecule has 1 fully saturated rings. The lowest BCUT2D eigenvalue weighted by Crippen LogP contribution is -2.41. The van der Waals surface area contributed by atoms with Gasteiger partial charge in [-0.25, -0.2) is 27.9 Å². The molecule has 4 heterocycles. The van der Waals surface area contributed by atoms with Crippen molar-refractivity contribution in [2.45, 2.75) is 76.4 Å². The number of piperidine rings is 1. The Morgan fingerprint density at radius 2 is 1.91 bits per heavy atom. The highest BCUT2D eigenvalue weighted by atomic mass is 32.2. The van der Waals surface area contributed by atoms with Gasteiger partial charge >= 0.3 is 7.82 Å². The van der Waals surface area contributed by atoms with Gasteiger partial charge in [-0.05, 0) is 68.0 Å². The van der Waals surface area contributed by atoms with E-state index < -0.39 is 28.6 Å². The van der Waals surface area contributed by atoms with E-state index in [1.807, 2.05) is 30.6 Å². The highest BCUT2D eigenvalue weighted by Crippen LogP contribution is 2.42. The summed E-state index contributed by atoms with van der Waals surface area (Å²) >= 11 is 1.48. The lowest BCUT2D eigenvalue weighted by molar-refractivity contribution is 0.0626.